The van der Waals surface area contributed by atoms with Gasteiger partial charge in [0.15, 0.2) is 0 Å². The maximum absolute atomic E-state index is 13.5. The summed E-state index contributed by atoms with van der Waals surface area (Å²) in [4.78, 5) is 59.7. The molecule has 3 aliphatic rings. The molecule has 240 valence electrons. The average Bonchev–Trinajstić information content (AvgIpc) is 3.22. The van der Waals surface area contributed by atoms with Crippen LogP contribution in [0, 0.1) is 0 Å². The van der Waals surface area contributed by atoms with Gasteiger partial charge in [0, 0.05) is 84.6 Å². The van der Waals surface area contributed by atoms with Crippen LogP contribution in [-0.2, 0) is 4.74 Å². The van der Waals surface area contributed by atoms with Crippen LogP contribution in [0.2, 0.25) is 0 Å². The minimum absolute atomic E-state index is 0.0144. The molecule has 12 nitrogen and oxygen atoms in total. The molecule has 2 bridgehead atoms. The molecule has 2 N–H and O–H groups in total. The first kappa shape index (κ1) is 31.8. The summed E-state index contributed by atoms with van der Waals surface area (Å²) >= 11 is 0. The van der Waals surface area contributed by atoms with Gasteiger partial charge in [-0.3, -0.25) is 19.4 Å². The van der Waals surface area contributed by atoms with Gasteiger partial charge in [0.05, 0.1) is 5.52 Å². The molecule has 1 unspecified atom stereocenters. The van der Waals surface area contributed by atoms with E-state index in [0.717, 1.165) is 49.7 Å². The van der Waals surface area contributed by atoms with Crippen LogP contribution in [0.25, 0.3) is 10.9 Å². The lowest BCUT2D eigenvalue weighted by atomic mass is 9.96. The van der Waals surface area contributed by atoms with E-state index in [1.807, 2.05) is 43.0 Å². The zero-order valence-corrected chi connectivity index (χ0v) is 26.6. The lowest BCUT2D eigenvalue weighted by Gasteiger charge is -2.42. The molecule has 4 amide bonds. The van der Waals surface area contributed by atoms with Crippen molar-refractivity contribution in [1.29, 1.82) is 0 Å². The molecule has 0 aliphatic carbocycles. The van der Waals surface area contributed by atoms with Crippen molar-refractivity contribution >= 4 is 28.9 Å². The van der Waals surface area contributed by atoms with Crippen molar-refractivity contribution in [1.82, 2.24) is 34.8 Å². The Morgan fingerprint density at radius 3 is 2.27 bits per heavy atom. The summed E-state index contributed by atoms with van der Waals surface area (Å²) in [5, 5.41) is 6.64. The Morgan fingerprint density at radius 2 is 1.66 bits per heavy atom. The molecule has 0 saturated carbocycles. The van der Waals surface area contributed by atoms with Crippen molar-refractivity contribution in [3.8, 4) is 0 Å². The van der Waals surface area contributed by atoms with Crippen LogP contribution in [0.15, 0.2) is 35.1 Å². The zero-order chi connectivity index (χ0) is 31.5. The number of nitrogens with one attached hydrogen (secondary N) is 2. The van der Waals surface area contributed by atoms with Gasteiger partial charge in [-0.15, -0.1) is 0 Å². The monoisotopic (exact) mass is 609 g/mol. The van der Waals surface area contributed by atoms with Gasteiger partial charge in [-0.25, -0.2) is 9.59 Å². The highest BCUT2D eigenvalue weighted by molar-refractivity contribution is 5.97. The highest BCUT2D eigenvalue weighted by Gasteiger charge is 2.42. The van der Waals surface area contributed by atoms with Crippen LogP contribution >= 0.6 is 0 Å². The highest BCUT2D eigenvalue weighted by atomic mass is 16.6. The summed E-state index contributed by atoms with van der Waals surface area (Å²) in [6, 6.07) is 9.81. The Morgan fingerprint density at radius 1 is 1.00 bits per heavy atom. The maximum Gasteiger partial charge on any atom is 0.407 e. The molecule has 0 radical (unpaired) electrons. The second-order valence-electron chi connectivity index (χ2n) is 12.9. The number of para-hydroxylation sites is 1. The smallest absolute Gasteiger partial charge is 0.407 e. The number of carbonyl (C=O) groups is 3. The Kier molecular flexibility index (Phi) is 9.79. The Balaban J connectivity index is 1.22. The SMILES string of the molecule is CNC(=O)OC(CN1CCN(C(=O)N(C)C)CC1)CN1[C@@H]2CC[C@@H]1CC(NC(=O)c1cc3ccccc3n(C(C)C)c1=O)C2. The number of alkyl carbamates (subject to hydrolysis) is 1. The van der Waals surface area contributed by atoms with E-state index in [1.54, 1.807) is 36.7 Å². The van der Waals surface area contributed by atoms with Crippen molar-refractivity contribution in [3.63, 3.8) is 0 Å². The summed E-state index contributed by atoms with van der Waals surface area (Å²) in [5.74, 6) is -0.319. The average molecular weight is 610 g/mol. The summed E-state index contributed by atoms with van der Waals surface area (Å²) < 4.78 is 7.54. The van der Waals surface area contributed by atoms with Gasteiger partial charge in [-0.1, -0.05) is 18.2 Å². The minimum Gasteiger partial charge on any atom is -0.444 e. The number of urea groups is 1. The first-order valence-electron chi connectivity index (χ1n) is 15.8. The van der Waals surface area contributed by atoms with E-state index in [9.17, 15) is 19.2 Å². The van der Waals surface area contributed by atoms with E-state index in [-0.39, 0.29) is 53.3 Å². The van der Waals surface area contributed by atoms with Gasteiger partial charge in [-0.05, 0) is 57.0 Å². The van der Waals surface area contributed by atoms with E-state index in [1.165, 1.54) is 0 Å². The molecular formula is C32H47N7O5. The molecule has 3 atom stereocenters. The van der Waals surface area contributed by atoms with Gasteiger partial charge >= 0.3 is 12.1 Å². The molecule has 3 aliphatic heterocycles. The third-order valence-corrected chi connectivity index (χ3v) is 9.31. The Labute approximate surface area is 259 Å². The van der Waals surface area contributed by atoms with Crippen molar-refractivity contribution in [2.24, 2.45) is 0 Å². The molecule has 12 heteroatoms. The number of nitrogens with zero attached hydrogens (tertiary/aromatic N) is 5. The van der Waals surface area contributed by atoms with Gasteiger partial charge in [0.2, 0.25) is 0 Å². The molecule has 0 spiro atoms. The number of fused-ring (bicyclic) bond motifs is 3. The molecule has 4 heterocycles. The number of rotatable bonds is 8. The summed E-state index contributed by atoms with van der Waals surface area (Å²) in [7, 11) is 5.09. The standard InChI is InChI=1S/C32H47N7O5/c1-21(2)39-28-9-7-6-8-22(28)16-27(30(39)41)29(40)34-23-17-24-10-11-25(18-23)38(24)20-26(44-31(42)33-3)19-36-12-14-37(15-13-36)32(43)35(4)5/h6-9,16,21,23-26H,10-15,17-20H2,1-5H3,(H,33,42)(H,34,40)/t24-,25-,26?/m1/s1. The molecular weight excluding hydrogens is 562 g/mol. The Bertz CT molecular complexity index is 1400. The molecule has 1 aromatic heterocycles. The predicted octanol–water partition coefficient (Wildman–Crippen LogP) is 2.33. The number of amides is 4. The highest BCUT2D eigenvalue weighted by Crippen LogP contribution is 2.36. The van der Waals surface area contributed by atoms with Crippen LogP contribution in [0.1, 0.15) is 55.9 Å². The van der Waals surface area contributed by atoms with Crippen molar-refractivity contribution in [2.45, 2.75) is 69.8 Å². The lowest BCUT2D eigenvalue weighted by Crippen LogP contribution is -2.56. The summed E-state index contributed by atoms with van der Waals surface area (Å²) in [6.45, 7) is 7.84. The summed E-state index contributed by atoms with van der Waals surface area (Å²) in [5.41, 5.74) is 0.740. The fourth-order valence-corrected chi connectivity index (χ4v) is 7.18. The molecule has 1 aromatic carbocycles. The van der Waals surface area contributed by atoms with Crippen molar-refractivity contribution < 1.29 is 19.1 Å². The van der Waals surface area contributed by atoms with Crippen LogP contribution in [0.4, 0.5) is 9.59 Å². The van der Waals surface area contributed by atoms with E-state index in [2.05, 4.69) is 20.4 Å². The number of hydrogen-bond acceptors (Lipinski definition) is 7. The molecule has 3 saturated heterocycles. The maximum atomic E-state index is 13.5. The van der Waals surface area contributed by atoms with Gasteiger partial charge in [0.1, 0.15) is 11.7 Å². The van der Waals surface area contributed by atoms with Gasteiger partial charge in [-0.2, -0.15) is 0 Å². The van der Waals surface area contributed by atoms with Crippen molar-refractivity contribution in [2.75, 3.05) is 60.4 Å². The third kappa shape index (κ3) is 6.86. The number of piperidine rings is 1. The van der Waals surface area contributed by atoms with Crippen molar-refractivity contribution in [3.05, 3.63) is 46.2 Å². The molecule has 5 rings (SSSR count). The fourth-order valence-electron chi connectivity index (χ4n) is 7.18. The topological polar surface area (TPSA) is 119 Å². The summed E-state index contributed by atoms with van der Waals surface area (Å²) in [6.07, 6.45) is 2.83. The predicted molar refractivity (Wildman–Crippen MR) is 169 cm³/mol. The number of hydrogen-bond donors (Lipinski definition) is 2. The van der Waals surface area contributed by atoms with E-state index in [0.29, 0.717) is 26.2 Å². The number of benzene rings is 1. The van der Waals surface area contributed by atoms with E-state index >= 15 is 0 Å². The number of ether oxygens (including phenoxy) is 1. The molecule has 2 aromatic rings. The van der Waals surface area contributed by atoms with Crippen LogP contribution in [0.5, 0.6) is 0 Å². The first-order chi connectivity index (χ1) is 21.0. The Hall–Kier alpha value is -3.64. The largest absolute Gasteiger partial charge is 0.444 e. The van der Waals surface area contributed by atoms with Gasteiger partial charge < -0.3 is 29.7 Å². The lowest BCUT2D eigenvalue weighted by molar-refractivity contribution is 0.0119. The van der Waals surface area contributed by atoms with Crippen LogP contribution in [-0.4, -0.2) is 127 Å². The van der Waals surface area contributed by atoms with Crippen LogP contribution in [0.3, 0.4) is 0 Å². The zero-order valence-electron chi connectivity index (χ0n) is 26.6. The minimum atomic E-state index is -0.451. The van der Waals surface area contributed by atoms with E-state index < -0.39 is 6.09 Å². The molecule has 3 fully saturated rings. The second kappa shape index (κ2) is 13.6. The van der Waals surface area contributed by atoms with Crippen LogP contribution < -0.4 is 16.2 Å². The third-order valence-electron chi connectivity index (χ3n) is 9.31. The quantitative estimate of drug-likeness (QED) is 0.472. The van der Waals surface area contributed by atoms with Gasteiger partial charge in [0.25, 0.3) is 11.5 Å². The number of pyridine rings is 1. The molecule has 44 heavy (non-hydrogen) atoms. The first-order valence-corrected chi connectivity index (χ1v) is 15.8. The number of aromatic nitrogens is 1. The number of piperazine rings is 1. The number of carbonyl (C=O) groups excluding carboxylic acids is 3. The van der Waals surface area contributed by atoms with E-state index in [4.69, 9.17) is 4.74 Å². The second-order valence-corrected chi connectivity index (χ2v) is 12.9. The fraction of sp³-hybridized carbons (Fsp3) is 0.625. The normalized spacial score (nSPS) is 23.0.